The highest BCUT2D eigenvalue weighted by molar-refractivity contribution is 5.49. The fourth-order valence-corrected chi connectivity index (χ4v) is 3.21. The zero-order valence-electron chi connectivity index (χ0n) is 16.9. The molecule has 1 saturated heterocycles. The van der Waals surface area contributed by atoms with Crippen molar-refractivity contribution in [2.75, 3.05) is 43.4 Å². The molecule has 0 radical (unpaired) electrons. The molecule has 8 heteroatoms. The van der Waals surface area contributed by atoms with E-state index < -0.39 is 0 Å². The van der Waals surface area contributed by atoms with Gasteiger partial charge >= 0.3 is 0 Å². The van der Waals surface area contributed by atoms with E-state index in [-0.39, 0.29) is 0 Å². The van der Waals surface area contributed by atoms with Crippen molar-refractivity contribution in [1.29, 1.82) is 0 Å². The van der Waals surface area contributed by atoms with Gasteiger partial charge in [0.1, 0.15) is 5.82 Å². The Morgan fingerprint density at radius 2 is 1.69 bits per heavy atom. The molecule has 8 nitrogen and oxygen atoms in total. The van der Waals surface area contributed by atoms with E-state index in [0.717, 1.165) is 56.5 Å². The van der Waals surface area contributed by atoms with Crippen molar-refractivity contribution in [3.63, 3.8) is 0 Å². The van der Waals surface area contributed by atoms with Gasteiger partial charge in [-0.3, -0.25) is 0 Å². The van der Waals surface area contributed by atoms with Crippen molar-refractivity contribution in [3.8, 4) is 0 Å². The van der Waals surface area contributed by atoms with E-state index >= 15 is 0 Å². The average molecular weight is 390 g/mol. The van der Waals surface area contributed by atoms with Crippen molar-refractivity contribution in [2.45, 2.75) is 19.8 Å². The molecule has 29 heavy (non-hydrogen) atoms. The Kier molecular flexibility index (Phi) is 5.90. The lowest BCUT2D eigenvalue weighted by Crippen LogP contribution is -2.45. The summed E-state index contributed by atoms with van der Waals surface area (Å²) in [7, 11) is 2.13. The molecule has 3 aromatic rings. The van der Waals surface area contributed by atoms with Gasteiger partial charge in [0, 0.05) is 39.0 Å². The van der Waals surface area contributed by atoms with Crippen molar-refractivity contribution in [3.05, 3.63) is 59.5 Å². The van der Waals surface area contributed by atoms with Crippen LogP contribution in [0.2, 0.25) is 0 Å². The van der Waals surface area contributed by atoms with Crippen LogP contribution >= 0.6 is 0 Å². The van der Waals surface area contributed by atoms with Gasteiger partial charge in [-0.2, -0.15) is 20.1 Å². The van der Waals surface area contributed by atoms with Crippen LogP contribution in [-0.4, -0.2) is 63.3 Å². The van der Waals surface area contributed by atoms with Crippen LogP contribution in [0, 0.1) is 0 Å². The summed E-state index contributed by atoms with van der Waals surface area (Å²) in [5, 5.41) is 11.8. The minimum Gasteiger partial charge on any atom is -0.338 e. The van der Waals surface area contributed by atoms with Crippen LogP contribution in [0.3, 0.4) is 0 Å². The highest BCUT2D eigenvalue weighted by atomic mass is 15.3. The first-order valence-corrected chi connectivity index (χ1v) is 10.0. The zero-order valence-corrected chi connectivity index (χ0v) is 16.9. The van der Waals surface area contributed by atoms with E-state index in [4.69, 9.17) is 0 Å². The van der Waals surface area contributed by atoms with E-state index in [1.807, 2.05) is 37.3 Å². The molecule has 150 valence electrons. The molecular formula is C21H26N8. The van der Waals surface area contributed by atoms with Gasteiger partial charge in [0.25, 0.3) is 0 Å². The lowest BCUT2D eigenvalue weighted by atomic mass is 10.1. The Morgan fingerprint density at radius 3 is 2.38 bits per heavy atom. The lowest BCUT2D eigenvalue weighted by Gasteiger charge is -2.32. The van der Waals surface area contributed by atoms with E-state index in [2.05, 4.69) is 59.4 Å². The minimum absolute atomic E-state index is 0.510. The van der Waals surface area contributed by atoms with Gasteiger partial charge in [-0.15, -0.1) is 5.10 Å². The Labute approximate surface area is 171 Å². The predicted octanol–water partition coefficient (Wildman–Crippen LogP) is 2.31. The lowest BCUT2D eigenvalue weighted by molar-refractivity contribution is 0.311. The summed E-state index contributed by atoms with van der Waals surface area (Å²) >= 11 is 0. The summed E-state index contributed by atoms with van der Waals surface area (Å²) in [6, 6.07) is 14.1. The summed E-state index contributed by atoms with van der Waals surface area (Å²) < 4.78 is 0. The molecule has 0 bridgehead atoms. The fourth-order valence-electron chi connectivity index (χ4n) is 3.21. The molecule has 0 saturated carbocycles. The largest absolute Gasteiger partial charge is 0.338 e. The van der Waals surface area contributed by atoms with Crippen molar-refractivity contribution in [2.24, 2.45) is 0 Å². The molecule has 0 aliphatic carbocycles. The van der Waals surface area contributed by atoms with Crippen LogP contribution in [-0.2, 0) is 12.8 Å². The predicted molar refractivity (Wildman–Crippen MR) is 113 cm³/mol. The van der Waals surface area contributed by atoms with Gasteiger partial charge in [0.2, 0.25) is 11.9 Å². The van der Waals surface area contributed by atoms with E-state index in [9.17, 15) is 0 Å². The van der Waals surface area contributed by atoms with E-state index in [0.29, 0.717) is 11.8 Å². The normalized spacial score (nSPS) is 14.8. The highest BCUT2D eigenvalue weighted by Crippen LogP contribution is 2.16. The molecule has 1 aliphatic heterocycles. The quantitative estimate of drug-likeness (QED) is 0.687. The van der Waals surface area contributed by atoms with Crippen LogP contribution in [0.25, 0.3) is 0 Å². The maximum Gasteiger partial charge on any atom is 0.233 e. The number of rotatable bonds is 6. The number of likely N-dealkylation sites (N-methyl/N-ethyl adjacent to an activating group) is 1. The van der Waals surface area contributed by atoms with Crippen LogP contribution in [0.4, 0.5) is 17.7 Å². The first kappa shape index (κ1) is 19.2. The second-order valence-corrected chi connectivity index (χ2v) is 7.22. The van der Waals surface area contributed by atoms with Gasteiger partial charge in [-0.25, -0.2) is 0 Å². The van der Waals surface area contributed by atoms with Gasteiger partial charge < -0.3 is 15.1 Å². The Morgan fingerprint density at radius 1 is 0.897 bits per heavy atom. The Hall–Kier alpha value is -3.13. The topological polar surface area (TPSA) is 83.0 Å². The van der Waals surface area contributed by atoms with Crippen molar-refractivity contribution in [1.82, 2.24) is 30.0 Å². The van der Waals surface area contributed by atoms with Gasteiger partial charge in [0.15, 0.2) is 5.82 Å². The Balaban J connectivity index is 1.47. The number of anilines is 3. The number of nitrogens with zero attached hydrogens (tertiary/aromatic N) is 7. The van der Waals surface area contributed by atoms with Gasteiger partial charge in [-0.05, 0) is 24.7 Å². The van der Waals surface area contributed by atoms with Gasteiger partial charge in [-0.1, -0.05) is 37.3 Å². The summed E-state index contributed by atoms with van der Waals surface area (Å²) in [5.41, 5.74) is 2.13. The van der Waals surface area contributed by atoms with Crippen molar-refractivity contribution >= 4 is 17.7 Å². The third-order valence-electron chi connectivity index (χ3n) is 4.96. The molecule has 0 spiro atoms. The monoisotopic (exact) mass is 390 g/mol. The number of nitrogens with one attached hydrogen (secondary N) is 1. The highest BCUT2D eigenvalue weighted by Gasteiger charge is 2.18. The number of hydrogen-bond acceptors (Lipinski definition) is 8. The molecule has 2 aromatic heterocycles. The molecule has 0 amide bonds. The first-order valence-electron chi connectivity index (χ1n) is 10.0. The third-order valence-corrected chi connectivity index (χ3v) is 4.96. The maximum atomic E-state index is 4.62. The van der Waals surface area contributed by atoms with E-state index in [1.54, 1.807) is 0 Å². The second kappa shape index (κ2) is 8.91. The molecule has 4 rings (SSSR count). The molecule has 3 heterocycles. The summed E-state index contributed by atoms with van der Waals surface area (Å²) in [5.74, 6) is 2.63. The fraction of sp³-hybridized carbons (Fsp3) is 0.381. The molecule has 1 N–H and O–H groups in total. The number of aryl methyl sites for hydroxylation is 1. The number of benzene rings is 1. The number of hydrogen-bond donors (Lipinski definition) is 1. The minimum atomic E-state index is 0.510. The van der Waals surface area contributed by atoms with Crippen LogP contribution in [0.5, 0.6) is 0 Å². The first-order chi connectivity index (χ1) is 14.2. The number of aromatic nitrogens is 5. The summed E-state index contributed by atoms with van der Waals surface area (Å²) in [6.45, 7) is 5.88. The standard InChI is InChI=1S/C21H26N8/c1-3-18-22-20(25-21(24-18)29-13-11-28(2)12-14-29)23-19-10-9-17(26-27-19)15-16-7-5-4-6-8-16/h4-10H,3,11-15H2,1-2H3,(H,22,23,24,25,27). The van der Waals surface area contributed by atoms with Crippen LogP contribution < -0.4 is 10.2 Å². The maximum absolute atomic E-state index is 4.62. The van der Waals surface area contributed by atoms with E-state index in [1.165, 1.54) is 5.56 Å². The van der Waals surface area contributed by atoms with Crippen LogP contribution in [0.15, 0.2) is 42.5 Å². The molecule has 1 fully saturated rings. The molecule has 0 unspecified atom stereocenters. The molecule has 1 aliphatic rings. The zero-order chi connectivity index (χ0) is 20.1. The third kappa shape index (κ3) is 5.03. The van der Waals surface area contributed by atoms with Crippen LogP contribution in [0.1, 0.15) is 24.0 Å². The second-order valence-electron chi connectivity index (χ2n) is 7.22. The number of piperazine rings is 1. The Bertz CT molecular complexity index is 921. The smallest absolute Gasteiger partial charge is 0.233 e. The summed E-state index contributed by atoms with van der Waals surface area (Å²) in [6.07, 6.45) is 1.51. The molecular weight excluding hydrogens is 364 g/mol. The average Bonchev–Trinajstić information content (AvgIpc) is 2.76. The summed E-state index contributed by atoms with van der Waals surface area (Å²) in [4.78, 5) is 18.3. The SMILES string of the molecule is CCc1nc(Nc2ccc(Cc3ccccc3)nn2)nc(N2CCN(C)CC2)n1. The molecule has 1 aromatic carbocycles. The molecule has 0 atom stereocenters. The van der Waals surface area contributed by atoms with Crippen molar-refractivity contribution < 1.29 is 0 Å². The van der Waals surface area contributed by atoms with Gasteiger partial charge in [0.05, 0.1) is 5.69 Å².